The van der Waals surface area contributed by atoms with Crippen molar-refractivity contribution >= 4 is 23.2 Å². The Kier molecular flexibility index (Phi) is 5.73. The van der Waals surface area contributed by atoms with Crippen molar-refractivity contribution in [2.24, 2.45) is 0 Å². The summed E-state index contributed by atoms with van der Waals surface area (Å²) < 4.78 is 5.10. The van der Waals surface area contributed by atoms with Gasteiger partial charge in [0.25, 0.3) is 0 Å². The number of carbonyl (C=O) groups excluding carboxylic acids is 1. The Morgan fingerprint density at radius 3 is 2.56 bits per heavy atom. The number of carbonyl (C=O) groups is 1. The van der Waals surface area contributed by atoms with Gasteiger partial charge in [0.2, 0.25) is 5.91 Å². The van der Waals surface area contributed by atoms with E-state index in [4.69, 9.17) is 16.1 Å². The lowest BCUT2D eigenvalue weighted by Gasteiger charge is -2.33. The van der Waals surface area contributed by atoms with Gasteiger partial charge in [0.15, 0.2) is 0 Å². The number of nitrogens with one attached hydrogen (secondary N) is 1. The molecule has 1 aromatic carbocycles. The number of benzene rings is 1. The topological polar surface area (TPSA) is 61.6 Å². The largest absolute Gasteiger partial charge is 0.361 e. The third-order valence-electron chi connectivity index (χ3n) is 4.29. The summed E-state index contributed by atoms with van der Waals surface area (Å²) in [6.07, 6.45) is 0. The third kappa shape index (κ3) is 5.04. The van der Waals surface area contributed by atoms with E-state index in [1.807, 2.05) is 38.1 Å². The molecule has 1 aromatic heterocycles. The van der Waals surface area contributed by atoms with E-state index in [1.54, 1.807) is 0 Å². The van der Waals surface area contributed by atoms with Gasteiger partial charge in [-0.3, -0.25) is 14.6 Å². The maximum atomic E-state index is 12.2. The molecule has 7 heteroatoms. The number of hydrogen-bond donors (Lipinski definition) is 1. The number of aryl methyl sites for hydroxylation is 2. The van der Waals surface area contributed by atoms with E-state index >= 15 is 0 Å². The Hall–Kier alpha value is -1.89. The molecule has 25 heavy (non-hydrogen) atoms. The van der Waals surface area contributed by atoms with Crippen molar-refractivity contribution in [3.63, 3.8) is 0 Å². The average Bonchev–Trinajstić information content (AvgIpc) is 2.97. The van der Waals surface area contributed by atoms with Crippen LogP contribution < -0.4 is 5.32 Å². The van der Waals surface area contributed by atoms with Gasteiger partial charge in [-0.05, 0) is 31.5 Å². The predicted octanol–water partition coefficient (Wildman–Crippen LogP) is 2.70. The minimum Gasteiger partial charge on any atom is -0.361 e. The van der Waals surface area contributed by atoms with Crippen molar-refractivity contribution in [3.05, 3.63) is 46.3 Å². The molecule has 0 saturated carbocycles. The van der Waals surface area contributed by atoms with Crippen LogP contribution in [0.1, 0.15) is 17.0 Å². The number of nitrogens with zero attached hydrogens (tertiary/aromatic N) is 3. The molecule has 0 unspecified atom stereocenters. The lowest BCUT2D eigenvalue weighted by Crippen LogP contribution is -2.48. The lowest BCUT2D eigenvalue weighted by atomic mass is 10.2. The Bertz CT molecular complexity index is 738. The Morgan fingerprint density at radius 1 is 1.20 bits per heavy atom. The van der Waals surface area contributed by atoms with Crippen LogP contribution in [0.2, 0.25) is 5.02 Å². The molecule has 3 rings (SSSR count). The third-order valence-corrected chi connectivity index (χ3v) is 4.61. The van der Waals surface area contributed by atoms with Crippen LogP contribution in [0, 0.1) is 13.8 Å². The Morgan fingerprint density at radius 2 is 1.92 bits per heavy atom. The first-order chi connectivity index (χ1) is 12.0. The second kappa shape index (κ2) is 7.99. The van der Waals surface area contributed by atoms with Crippen molar-refractivity contribution < 1.29 is 9.32 Å². The molecule has 1 N–H and O–H groups in total. The van der Waals surface area contributed by atoms with Crippen LogP contribution in [-0.2, 0) is 11.3 Å². The number of halogens is 1. The maximum Gasteiger partial charge on any atom is 0.238 e. The molecule has 134 valence electrons. The van der Waals surface area contributed by atoms with Crippen LogP contribution in [-0.4, -0.2) is 53.6 Å². The maximum absolute atomic E-state index is 12.2. The monoisotopic (exact) mass is 362 g/mol. The summed E-state index contributed by atoms with van der Waals surface area (Å²) in [5.41, 5.74) is 2.69. The van der Waals surface area contributed by atoms with Crippen molar-refractivity contribution in [3.8, 4) is 0 Å². The van der Waals surface area contributed by atoms with Crippen molar-refractivity contribution in [2.75, 3.05) is 38.0 Å². The van der Waals surface area contributed by atoms with E-state index < -0.39 is 0 Å². The van der Waals surface area contributed by atoms with Gasteiger partial charge >= 0.3 is 0 Å². The van der Waals surface area contributed by atoms with Gasteiger partial charge in [-0.25, -0.2) is 0 Å². The quantitative estimate of drug-likeness (QED) is 0.886. The molecule has 0 atom stereocenters. The fraction of sp³-hybridized carbons (Fsp3) is 0.444. The highest BCUT2D eigenvalue weighted by Gasteiger charge is 2.20. The number of amides is 1. The fourth-order valence-corrected chi connectivity index (χ4v) is 3.22. The summed E-state index contributed by atoms with van der Waals surface area (Å²) in [4.78, 5) is 16.7. The van der Waals surface area contributed by atoms with E-state index in [0.29, 0.717) is 17.3 Å². The standard InChI is InChI=1S/C18H23ClN4O2/c1-13-3-4-17(16(19)9-13)20-18(24)12-23-7-5-22(6-8-23)11-15-10-14(2)25-21-15/h3-4,9-10H,5-8,11-12H2,1-2H3,(H,20,24). The second-order valence-electron chi connectivity index (χ2n) is 6.51. The zero-order valence-electron chi connectivity index (χ0n) is 14.6. The number of hydrogen-bond acceptors (Lipinski definition) is 5. The van der Waals surface area contributed by atoms with Gasteiger partial charge in [0, 0.05) is 38.8 Å². The summed E-state index contributed by atoms with van der Waals surface area (Å²) in [5.74, 6) is 0.798. The minimum atomic E-state index is -0.0358. The summed E-state index contributed by atoms with van der Waals surface area (Å²) in [5, 5.41) is 7.49. The normalized spacial score (nSPS) is 16.1. The number of aromatic nitrogens is 1. The van der Waals surface area contributed by atoms with Gasteiger partial charge in [-0.15, -0.1) is 0 Å². The van der Waals surface area contributed by atoms with Crippen molar-refractivity contribution in [1.29, 1.82) is 0 Å². The molecular formula is C18H23ClN4O2. The molecule has 0 radical (unpaired) electrons. The van der Waals surface area contributed by atoms with E-state index in [2.05, 4.69) is 20.3 Å². The van der Waals surface area contributed by atoms with Gasteiger partial charge in [-0.2, -0.15) is 0 Å². The molecule has 2 aromatic rings. The molecule has 0 aliphatic carbocycles. The number of rotatable bonds is 5. The summed E-state index contributed by atoms with van der Waals surface area (Å²) in [7, 11) is 0. The minimum absolute atomic E-state index is 0.0358. The summed E-state index contributed by atoms with van der Waals surface area (Å²) in [6.45, 7) is 8.55. The van der Waals surface area contributed by atoms with Crippen LogP contribution in [0.25, 0.3) is 0 Å². The molecule has 2 heterocycles. The lowest BCUT2D eigenvalue weighted by molar-refractivity contribution is -0.117. The van der Waals surface area contributed by atoms with Crippen LogP contribution >= 0.6 is 11.6 Å². The van der Waals surface area contributed by atoms with E-state index in [-0.39, 0.29) is 5.91 Å². The second-order valence-corrected chi connectivity index (χ2v) is 6.92. The van der Waals surface area contributed by atoms with Gasteiger partial charge in [-0.1, -0.05) is 22.8 Å². The highest BCUT2D eigenvalue weighted by molar-refractivity contribution is 6.33. The van der Waals surface area contributed by atoms with Gasteiger partial charge in [0.05, 0.1) is 22.9 Å². The average molecular weight is 363 g/mol. The molecule has 1 aliphatic heterocycles. The molecule has 6 nitrogen and oxygen atoms in total. The number of anilines is 1. The van der Waals surface area contributed by atoms with Gasteiger partial charge < -0.3 is 9.84 Å². The summed E-state index contributed by atoms with van der Waals surface area (Å²) in [6, 6.07) is 7.59. The molecular weight excluding hydrogens is 340 g/mol. The highest BCUT2D eigenvalue weighted by atomic mass is 35.5. The van der Waals surface area contributed by atoms with Crippen molar-refractivity contribution in [1.82, 2.24) is 15.0 Å². The smallest absolute Gasteiger partial charge is 0.238 e. The summed E-state index contributed by atoms with van der Waals surface area (Å²) >= 11 is 6.17. The molecule has 1 saturated heterocycles. The molecule has 0 spiro atoms. The van der Waals surface area contributed by atoms with Crippen LogP contribution in [0.3, 0.4) is 0 Å². The van der Waals surface area contributed by atoms with E-state index in [1.165, 1.54) is 0 Å². The van der Waals surface area contributed by atoms with E-state index in [0.717, 1.165) is 49.7 Å². The number of piperazine rings is 1. The van der Waals surface area contributed by atoms with Crippen molar-refractivity contribution in [2.45, 2.75) is 20.4 Å². The first-order valence-corrected chi connectivity index (χ1v) is 8.80. The molecule has 1 aliphatic rings. The SMILES string of the molecule is Cc1ccc(NC(=O)CN2CCN(Cc3cc(C)on3)CC2)c(Cl)c1. The fourth-order valence-electron chi connectivity index (χ4n) is 2.94. The first-order valence-electron chi connectivity index (χ1n) is 8.42. The van der Waals surface area contributed by atoms with Crippen LogP contribution in [0.5, 0.6) is 0 Å². The van der Waals surface area contributed by atoms with Crippen LogP contribution in [0.4, 0.5) is 5.69 Å². The molecule has 1 amide bonds. The first kappa shape index (κ1) is 17.9. The Labute approximate surface area is 152 Å². The Balaban J connectivity index is 1.44. The molecule has 0 bridgehead atoms. The zero-order chi connectivity index (χ0) is 17.8. The van der Waals surface area contributed by atoms with Crippen LogP contribution in [0.15, 0.2) is 28.8 Å². The molecule has 1 fully saturated rings. The zero-order valence-corrected chi connectivity index (χ0v) is 15.3. The highest BCUT2D eigenvalue weighted by Crippen LogP contribution is 2.22. The predicted molar refractivity (Wildman–Crippen MR) is 97.8 cm³/mol. The van der Waals surface area contributed by atoms with Gasteiger partial charge in [0.1, 0.15) is 5.76 Å². The van der Waals surface area contributed by atoms with E-state index in [9.17, 15) is 4.79 Å².